The van der Waals surface area contributed by atoms with Crippen molar-refractivity contribution < 1.29 is 9.53 Å². The van der Waals surface area contributed by atoms with Gasteiger partial charge in [0.2, 0.25) is 5.91 Å². The van der Waals surface area contributed by atoms with Gasteiger partial charge in [0.1, 0.15) is 5.75 Å². The highest BCUT2D eigenvalue weighted by Crippen LogP contribution is 2.51. The van der Waals surface area contributed by atoms with E-state index in [4.69, 9.17) is 9.73 Å². The van der Waals surface area contributed by atoms with Crippen LogP contribution in [0.2, 0.25) is 0 Å². The van der Waals surface area contributed by atoms with Crippen LogP contribution in [-0.2, 0) is 10.2 Å². The van der Waals surface area contributed by atoms with Crippen molar-refractivity contribution in [3.05, 3.63) is 59.7 Å². The molecule has 2 aromatic rings. The molecule has 6 nitrogen and oxygen atoms in total. The molecule has 1 saturated carbocycles. The number of nitrogens with zero attached hydrogens (tertiary/aromatic N) is 1. The Balaban J connectivity index is 0.00000272. The zero-order valence-electron chi connectivity index (χ0n) is 18.1. The molecule has 31 heavy (non-hydrogen) atoms. The number of hydrogen-bond acceptors (Lipinski definition) is 3. The number of nitrogens with one attached hydrogen (secondary N) is 3. The molecular weight excluding hydrogens is 503 g/mol. The number of hydrogen-bond donors (Lipinski definition) is 3. The fourth-order valence-electron chi connectivity index (χ4n) is 4.22. The van der Waals surface area contributed by atoms with Crippen molar-refractivity contribution in [2.75, 3.05) is 32.1 Å². The predicted molar refractivity (Wildman–Crippen MR) is 136 cm³/mol. The van der Waals surface area contributed by atoms with Crippen molar-refractivity contribution in [2.45, 2.75) is 37.5 Å². The van der Waals surface area contributed by atoms with Crippen LogP contribution in [0.25, 0.3) is 0 Å². The third kappa shape index (κ3) is 5.31. The molecule has 0 radical (unpaired) electrons. The van der Waals surface area contributed by atoms with Gasteiger partial charge in [0, 0.05) is 42.1 Å². The molecule has 1 unspecified atom stereocenters. The summed E-state index contributed by atoms with van der Waals surface area (Å²) in [5.74, 6) is 1.92. The molecule has 0 aromatic heterocycles. The Labute approximate surface area is 201 Å². The van der Waals surface area contributed by atoms with Gasteiger partial charge in [0.15, 0.2) is 5.96 Å². The largest absolute Gasteiger partial charge is 0.496 e. The molecule has 0 bridgehead atoms. The predicted octanol–water partition coefficient (Wildman–Crippen LogP) is 4.03. The maximum Gasteiger partial charge on any atom is 0.225 e. The molecule has 1 atom stereocenters. The lowest BCUT2D eigenvalue weighted by Gasteiger charge is -2.26. The fourth-order valence-corrected chi connectivity index (χ4v) is 4.22. The average molecular weight is 534 g/mol. The summed E-state index contributed by atoms with van der Waals surface area (Å²) in [6.45, 7) is 4.23. The van der Waals surface area contributed by atoms with Crippen LogP contribution in [0, 0.1) is 0 Å². The molecule has 1 heterocycles. The van der Waals surface area contributed by atoms with Crippen molar-refractivity contribution in [2.24, 2.45) is 4.99 Å². The summed E-state index contributed by atoms with van der Waals surface area (Å²) in [5.41, 5.74) is 3.39. The van der Waals surface area contributed by atoms with E-state index in [-0.39, 0.29) is 41.2 Å². The van der Waals surface area contributed by atoms with Gasteiger partial charge in [-0.3, -0.25) is 9.79 Å². The minimum absolute atomic E-state index is 0. The van der Waals surface area contributed by atoms with Crippen LogP contribution in [0.15, 0.2) is 53.5 Å². The standard InChI is InChI=1S/C24H30N4O2.HI/c1-3-25-23(26-15-17-14-22(29)28-20-10-6-4-8-18(17)20)27-16-24(12-13-24)19-9-5-7-11-21(19)30-2;/h4-11,17H,3,12-16H2,1-2H3,(H,28,29)(H2,25,26,27);1H. The second-order valence-electron chi connectivity index (χ2n) is 8.09. The van der Waals surface area contributed by atoms with Crippen LogP contribution in [0.1, 0.15) is 43.2 Å². The lowest BCUT2D eigenvalue weighted by atomic mass is 9.90. The van der Waals surface area contributed by atoms with E-state index < -0.39 is 0 Å². The number of carbonyl (C=O) groups excluding carboxylic acids is 1. The highest BCUT2D eigenvalue weighted by Gasteiger charge is 2.46. The Bertz CT molecular complexity index is 943. The summed E-state index contributed by atoms with van der Waals surface area (Å²) in [4.78, 5) is 17.0. The number of guanidine groups is 1. The Morgan fingerprint density at radius 3 is 2.65 bits per heavy atom. The van der Waals surface area contributed by atoms with Gasteiger partial charge in [0.25, 0.3) is 0 Å². The van der Waals surface area contributed by atoms with Crippen molar-refractivity contribution in [1.82, 2.24) is 10.6 Å². The first-order valence-electron chi connectivity index (χ1n) is 10.7. The Hall–Kier alpha value is -2.29. The van der Waals surface area contributed by atoms with Gasteiger partial charge in [-0.1, -0.05) is 36.4 Å². The second-order valence-corrected chi connectivity index (χ2v) is 8.09. The number of fused-ring (bicyclic) bond motifs is 1. The van der Waals surface area contributed by atoms with Crippen molar-refractivity contribution in [3.63, 3.8) is 0 Å². The smallest absolute Gasteiger partial charge is 0.225 e. The van der Waals surface area contributed by atoms with Crippen molar-refractivity contribution in [3.8, 4) is 5.75 Å². The maximum absolute atomic E-state index is 12.1. The van der Waals surface area contributed by atoms with E-state index in [1.165, 1.54) is 11.1 Å². The van der Waals surface area contributed by atoms with Crippen LogP contribution >= 0.6 is 24.0 Å². The van der Waals surface area contributed by atoms with Crippen LogP contribution in [0.4, 0.5) is 5.69 Å². The van der Waals surface area contributed by atoms with Crippen LogP contribution < -0.4 is 20.7 Å². The van der Waals surface area contributed by atoms with Gasteiger partial charge in [-0.05, 0) is 37.5 Å². The number of aliphatic imine (C=N–C) groups is 1. The van der Waals surface area contributed by atoms with E-state index in [1.807, 2.05) is 30.3 Å². The maximum atomic E-state index is 12.1. The summed E-state index contributed by atoms with van der Waals surface area (Å²) in [7, 11) is 1.72. The molecule has 1 aliphatic carbocycles. The van der Waals surface area contributed by atoms with Gasteiger partial charge >= 0.3 is 0 Å². The van der Waals surface area contributed by atoms with Gasteiger partial charge in [-0.25, -0.2) is 0 Å². The molecule has 7 heteroatoms. The number of carbonyl (C=O) groups is 1. The topological polar surface area (TPSA) is 74.8 Å². The molecule has 1 amide bonds. The first-order valence-corrected chi connectivity index (χ1v) is 10.7. The van der Waals surface area contributed by atoms with E-state index in [1.54, 1.807) is 7.11 Å². The molecule has 1 aliphatic heterocycles. The highest BCUT2D eigenvalue weighted by molar-refractivity contribution is 14.0. The molecule has 166 valence electrons. The molecular formula is C24H31IN4O2. The molecule has 4 rings (SSSR count). The number of amides is 1. The third-order valence-electron chi connectivity index (χ3n) is 6.04. The van der Waals surface area contributed by atoms with E-state index in [9.17, 15) is 4.79 Å². The van der Waals surface area contributed by atoms with E-state index in [2.05, 4.69) is 41.1 Å². The summed E-state index contributed by atoms with van der Waals surface area (Å²) < 4.78 is 5.58. The number of methoxy groups -OCH3 is 1. The normalized spacial score (nSPS) is 18.8. The number of halogens is 1. The van der Waals surface area contributed by atoms with Crippen molar-refractivity contribution in [1.29, 1.82) is 0 Å². The third-order valence-corrected chi connectivity index (χ3v) is 6.04. The molecule has 2 aliphatic rings. The van der Waals surface area contributed by atoms with Gasteiger partial charge < -0.3 is 20.7 Å². The Kier molecular flexibility index (Phi) is 7.80. The first kappa shape index (κ1) is 23.4. The zero-order chi connectivity index (χ0) is 21.0. The minimum atomic E-state index is 0. The molecule has 3 N–H and O–H groups in total. The molecule has 0 saturated heterocycles. The summed E-state index contributed by atoms with van der Waals surface area (Å²) >= 11 is 0. The molecule has 1 fully saturated rings. The number of para-hydroxylation sites is 2. The summed E-state index contributed by atoms with van der Waals surface area (Å²) in [6, 6.07) is 16.3. The first-order chi connectivity index (χ1) is 14.6. The van der Waals surface area contributed by atoms with Crippen molar-refractivity contribution >= 4 is 41.5 Å². The minimum Gasteiger partial charge on any atom is -0.496 e. The van der Waals surface area contributed by atoms with Gasteiger partial charge in [-0.2, -0.15) is 0 Å². The average Bonchev–Trinajstić information content (AvgIpc) is 3.56. The summed E-state index contributed by atoms with van der Waals surface area (Å²) in [6.07, 6.45) is 2.72. The van der Waals surface area contributed by atoms with E-state index in [0.717, 1.165) is 36.8 Å². The van der Waals surface area contributed by atoms with Crippen LogP contribution in [0.5, 0.6) is 5.75 Å². The number of rotatable bonds is 7. The van der Waals surface area contributed by atoms with E-state index in [0.29, 0.717) is 19.5 Å². The van der Waals surface area contributed by atoms with Gasteiger partial charge in [-0.15, -0.1) is 24.0 Å². The highest BCUT2D eigenvalue weighted by atomic mass is 127. The lowest BCUT2D eigenvalue weighted by Crippen LogP contribution is -2.41. The molecule has 2 aromatic carbocycles. The van der Waals surface area contributed by atoms with Crippen LogP contribution in [-0.4, -0.2) is 38.6 Å². The SMILES string of the molecule is CCNC(=NCC1(c2ccccc2OC)CC1)NCC1CC(=O)Nc2ccccc21.I. The Morgan fingerprint density at radius 1 is 1.16 bits per heavy atom. The Morgan fingerprint density at radius 2 is 1.90 bits per heavy atom. The number of ether oxygens (including phenoxy) is 1. The summed E-state index contributed by atoms with van der Waals surface area (Å²) in [5, 5.41) is 9.77. The lowest BCUT2D eigenvalue weighted by molar-refractivity contribution is -0.116. The zero-order valence-corrected chi connectivity index (χ0v) is 20.4. The van der Waals surface area contributed by atoms with Crippen LogP contribution in [0.3, 0.4) is 0 Å². The second kappa shape index (κ2) is 10.3. The van der Waals surface area contributed by atoms with E-state index >= 15 is 0 Å². The number of benzene rings is 2. The fraction of sp³-hybridized carbons (Fsp3) is 0.417. The quantitative estimate of drug-likeness (QED) is 0.285. The number of anilines is 1. The van der Waals surface area contributed by atoms with Gasteiger partial charge in [0.05, 0.1) is 13.7 Å². The molecule has 0 spiro atoms. The monoisotopic (exact) mass is 534 g/mol.